The molecule has 0 amide bonds. The fraction of sp³-hybridized carbons (Fsp3) is 0.0417. The number of halogens is 1. The average molecular weight is 477 g/mol. The summed E-state index contributed by atoms with van der Waals surface area (Å²) in [6.07, 6.45) is 2.02. The quantitative estimate of drug-likeness (QED) is 0.181. The van der Waals surface area contributed by atoms with Gasteiger partial charge in [0.05, 0.1) is 0 Å². The van der Waals surface area contributed by atoms with E-state index in [9.17, 15) is 0 Å². The van der Waals surface area contributed by atoms with Gasteiger partial charge in [-0.1, -0.05) is 0 Å². The zero-order chi connectivity index (χ0) is 18.0. The minimum absolute atomic E-state index is 1.33. The van der Waals surface area contributed by atoms with Crippen LogP contribution >= 0.6 is 31.2 Å². The molecule has 27 heavy (non-hydrogen) atoms. The molecule has 0 atom stereocenters. The molecule has 0 N–H and O–H groups in total. The maximum atomic E-state index is 4.98. The molecule has 0 aliphatic carbocycles. The molecule has 0 saturated heterocycles. The Morgan fingerprint density at radius 1 is 0.778 bits per heavy atom. The Hall–Kier alpha value is -2.24. The minimum atomic E-state index is -1.79. The zero-order valence-electron chi connectivity index (χ0n) is 14.7. The first-order chi connectivity index (χ1) is 13.3. The van der Waals surface area contributed by atoms with Crippen molar-refractivity contribution in [3.63, 3.8) is 0 Å². The summed E-state index contributed by atoms with van der Waals surface area (Å²) in [5.41, 5.74) is 4.17. The van der Waals surface area contributed by atoms with Crippen molar-refractivity contribution < 1.29 is 0 Å². The van der Waals surface area contributed by atoms with Gasteiger partial charge in [-0.05, 0) is 0 Å². The monoisotopic (exact) mass is 477 g/mol. The van der Waals surface area contributed by atoms with Crippen LogP contribution < -0.4 is 0 Å². The predicted octanol–water partition coefficient (Wildman–Crippen LogP) is 7.15. The molecule has 0 spiro atoms. The molecule has 130 valence electrons. The zero-order valence-corrected chi connectivity index (χ0v) is 17.7. The summed E-state index contributed by atoms with van der Waals surface area (Å²) >= 11 is 0.115. The number of benzene rings is 3. The third kappa shape index (κ3) is 2.25. The van der Waals surface area contributed by atoms with Gasteiger partial charge in [0, 0.05) is 0 Å². The summed E-state index contributed by atoms with van der Waals surface area (Å²) in [6, 6.07) is 26.9. The molecule has 3 aromatic carbocycles. The Balaban J connectivity index is 1.70. The van der Waals surface area contributed by atoms with E-state index < -0.39 is 19.8 Å². The van der Waals surface area contributed by atoms with Gasteiger partial charge in [-0.25, -0.2) is 0 Å². The maximum absolute atomic E-state index is 4.98. The van der Waals surface area contributed by atoms with E-state index >= 15 is 0 Å². The number of aryl methyl sites for hydroxylation is 1. The number of thiophene rings is 1. The van der Waals surface area contributed by atoms with Gasteiger partial charge >= 0.3 is 170 Å². The third-order valence-electron chi connectivity index (χ3n) is 5.12. The van der Waals surface area contributed by atoms with E-state index in [4.69, 9.17) is 4.98 Å². The van der Waals surface area contributed by atoms with Crippen LogP contribution in [0.4, 0.5) is 0 Å². The van der Waals surface area contributed by atoms with Crippen molar-refractivity contribution in [2.24, 2.45) is 0 Å². The van der Waals surface area contributed by atoms with Gasteiger partial charge in [0.15, 0.2) is 0 Å². The van der Waals surface area contributed by atoms with Gasteiger partial charge in [-0.3, -0.25) is 0 Å². The Bertz CT molecular complexity index is 1350. The van der Waals surface area contributed by atoms with E-state index in [0.717, 1.165) is 0 Å². The van der Waals surface area contributed by atoms with Gasteiger partial charge in [-0.2, -0.15) is 0 Å². The first kappa shape index (κ1) is 15.8. The normalized spacial score (nSPS) is 13.9. The van der Waals surface area contributed by atoms with E-state index in [-0.39, 0.29) is 0 Å². The third-order valence-corrected chi connectivity index (χ3v) is 12.7. The molecule has 0 fully saturated rings. The molecule has 5 aromatic rings. The molecule has 0 saturated carbocycles. The molecular weight excluding hydrogens is 461 g/mol. The SMILES string of the molecule is Cc1ccc2c(c1)-c1ccccc1I2c1nccc2c1sc1ccccc12. The summed E-state index contributed by atoms with van der Waals surface area (Å²) < 4.78 is 7.14. The van der Waals surface area contributed by atoms with Gasteiger partial charge in [0.1, 0.15) is 0 Å². The van der Waals surface area contributed by atoms with Crippen LogP contribution in [0.3, 0.4) is 0 Å². The molecule has 6 rings (SSSR count). The van der Waals surface area contributed by atoms with Crippen molar-refractivity contribution in [3.8, 4) is 11.1 Å². The Morgan fingerprint density at radius 3 is 2.56 bits per heavy atom. The number of fused-ring (bicyclic) bond motifs is 6. The molecule has 0 radical (unpaired) electrons. The molecule has 2 aromatic heterocycles. The van der Waals surface area contributed by atoms with Gasteiger partial charge < -0.3 is 0 Å². The molecule has 1 nitrogen and oxygen atoms in total. The standard InChI is InChI=1S/C24H16INS/c1-15-10-11-21-19(14-15)16-6-2-4-8-20(16)25(21)24-23-18(12-13-26-24)17-7-3-5-9-22(17)27-23/h2-14H,1H3. The number of pyridine rings is 1. The van der Waals surface area contributed by atoms with E-state index in [1.165, 1.54) is 47.7 Å². The molecule has 3 heterocycles. The second-order valence-corrected chi connectivity index (χ2v) is 12.8. The van der Waals surface area contributed by atoms with Crippen molar-refractivity contribution in [2.75, 3.05) is 0 Å². The molecule has 0 unspecified atom stereocenters. The summed E-state index contributed by atoms with van der Waals surface area (Å²) in [5.74, 6) is 0. The van der Waals surface area contributed by atoms with E-state index in [1.807, 2.05) is 17.5 Å². The van der Waals surface area contributed by atoms with Crippen LogP contribution in [0.5, 0.6) is 0 Å². The fourth-order valence-electron chi connectivity index (χ4n) is 3.91. The van der Waals surface area contributed by atoms with Crippen molar-refractivity contribution in [2.45, 2.75) is 6.92 Å². The van der Waals surface area contributed by atoms with Crippen molar-refractivity contribution in [1.29, 1.82) is 0 Å². The predicted molar refractivity (Wildman–Crippen MR) is 124 cm³/mol. The second kappa shape index (κ2) is 5.88. The van der Waals surface area contributed by atoms with Gasteiger partial charge in [0.25, 0.3) is 0 Å². The van der Waals surface area contributed by atoms with Crippen LogP contribution in [-0.2, 0) is 0 Å². The van der Waals surface area contributed by atoms with Crippen molar-refractivity contribution >= 4 is 51.3 Å². The van der Waals surface area contributed by atoms with Gasteiger partial charge in [-0.15, -0.1) is 0 Å². The average Bonchev–Trinajstić information content (AvgIpc) is 3.24. The van der Waals surface area contributed by atoms with E-state index in [2.05, 4.69) is 79.7 Å². The first-order valence-electron chi connectivity index (χ1n) is 8.97. The number of hydrogen-bond donors (Lipinski definition) is 0. The molecule has 1 aliphatic heterocycles. The first-order valence-corrected chi connectivity index (χ1v) is 13.0. The fourth-order valence-corrected chi connectivity index (χ4v) is 12.0. The van der Waals surface area contributed by atoms with E-state index in [0.29, 0.717) is 0 Å². The van der Waals surface area contributed by atoms with E-state index in [1.54, 1.807) is 0 Å². The molecule has 1 aliphatic rings. The molecule has 3 heteroatoms. The summed E-state index contributed by atoms with van der Waals surface area (Å²) in [4.78, 5) is 4.98. The molecule has 0 bridgehead atoms. The number of hydrogen-bond acceptors (Lipinski definition) is 2. The van der Waals surface area contributed by atoms with Crippen LogP contribution in [0.25, 0.3) is 31.3 Å². The van der Waals surface area contributed by atoms with Crippen molar-refractivity contribution in [3.05, 3.63) is 95.4 Å². The van der Waals surface area contributed by atoms with Crippen LogP contribution in [0, 0.1) is 17.8 Å². The topological polar surface area (TPSA) is 12.9 Å². The number of rotatable bonds is 1. The van der Waals surface area contributed by atoms with Crippen LogP contribution in [-0.4, -0.2) is 4.98 Å². The second-order valence-electron chi connectivity index (χ2n) is 6.82. The Kier molecular flexibility index (Phi) is 3.44. The molecular formula is C24H16INS. The summed E-state index contributed by atoms with van der Waals surface area (Å²) in [6.45, 7) is 2.19. The Labute approximate surface area is 169 Å². The number of nitrogens with zero attached hydrogens (tertiary/aromatic N) is 1. The number of aromatic nitrogens is 1. The van der Waals surface area contributed by atoms with Crippen LogP contribution in [0.2, 0.25) is 0 Å². The van der Waals surface area contributed by atoms with Crippen LogP contribution in [0.15, 0.2) is 79.0 Å². The van der Waals surface area contributed by atoms with Crippen molar-refractivity contribution in [1.82, 2.24) is 4.98 Å². The van der Waals surface area contributed by atoms with Crippen LogP contribution in [0.1, 0.15) is 5.56 Å². The summed E-state index contributed by atoms with van der Waals surface area (Å²) in [5, 5.41) is 2.71. The Morgan fingerprint density at radius 2 is 1.59 bits per heavy atom. The van der Waals surface area contributed by atoms with Gasteiger partial charge in [0.2, 0.25) is 0 Å². The summed E-state index contributed by atoms with van der Waals surface area (Å²) in [7, 11) is 0.